The van der Waals surface area contributed by atoms with Crippen LogP contribution in [0.2, 0.25) is 0 Å². The molecule has 0 spiro atoms. The smallest absolute Gasteiger partial charge is 0.268 e. The van der Waals surface area contributed by atoms with E-state index < -0.39 is 0 Å². The van der Waals surface area contributed by atoms with Crippen molar-refractivity contribution in [1.29, 1.82) is 0 Å². The average molecular weight is 327 g/mol. The van der Waals surface area contributed by atoms with Gasteiger partial charge in [0.25, 0.3) is 11.8 Å². The van der Waals surface area contributed by atoms with Crippen LogP contribution in [-0.4, -0.2) is 29.6 Å². The average Bonchev–Trinajstić information content (AvgIpc) is 2.87. The number of H-pyrrole nitrogens is 1. The molecule has 1 heterocycles. The predicted molar refractivity (Wildman–Crippen MR) is 91.3 cm³/mol. The lowest BCUT2D eigenvalue weighted by atomic mass is 10.1. The van der Waals surface area contributed by atoms with Gasteiger partial charge in [0.2, 0.25) is 0 Å². The fourth-order valence-corrected chi connectivity index (χ4v) is 2.69. The molecule has 3 N–H and O–H groups in total. The van der Waals surface area contributed by atoms with Crippen molar-refractivity contribution in [3.05, 3.63) is 57.9 Å². The summed E-state index contributed by atoms with van der Waals surface area (Å²) in [6.45, 7) is 5.35. The number of nitrogens with one attached hydrogen (secondary N) is 3. The summed E-state index contributed by atoms with van der Waals surface area (Å²) in [5.41, 5.74) is 3.76. The number of aromatic amines is 1. The lowest BCUT2D eigenvalue weighted by Crippen LogP contribution is -2.24. The van der Waals surface area contributed by atoms with Gasteiger partial charge in [-0.25, -0.2) is 0 Å². The van der Waals surface area contributed by atoms with Crippen molar-refractivity contribution in [3.63, 3.8) is 0 Å². The summed E-state index contributed by atoms with van der Waals surface area (Å²) >= 11 is 0. The second-order valence-electron chi connectivity index (χ2n) is 5.64. The van der Waals surface area contributed by atoms with E-state index in [2.05, 4.69) is 15.6 Å². The molecule has 0 fully saturated rings. The molecule has 0 aliphatic rings. The Hall–Kier alpha value is -2.89. The maximum atomic E-state index is 12.3. The Kier molecular flexibility index (Phi) is 5.18. The second-order valence-corrected chi connectivity index (χ2v) is 5.64. The fraction of sp³-hybridized carbons (Fsp3) is 0.278. The lowest BCUT2D eigenvalue weighted by Gasteiger charge is -2.06. The highest BCUT2D eigenvalue weighted by atomic mass is 16.2. The number of carbonyl (C=O) groups excluding carboxylic acids is 3. The van der Waals surface area contributed by atoms with Gasteiger partial charge in [0.15, 0.2) is 5.78 Å². The zero-order valence-corrected chi connectivity index (χ0v) is 14.2. The first-order chi connectivity index (χ1) is 11.3. The van der Waals surface area contributed by atoms with Gasteiger partial charge >= 0.3 is 0 Å². The number of amides is 2. The number of aromatic nitrogens is 1. The molecule has 1 aromatic heterocycles. The molecule has 0 unspecified atom stereocenters. The molecule has 6 nitrogen and oxygen atoms in total. The van der Waals surface area contributed by atoms with E-state index >= 15 is 0 Å². The molecular weight excluding hydrogens is 306 g/mol. The molecule has 2 aromatic rings. The molecule has 0 atom stereocenters. The summed E-state index contributed by atoms with van der Waals surface area (Å²) in [7, 11) is 1.58. The SMILES string of the molecule is CNC(=O)c1ccc(CNC(=O)c2[nH]c(C)c(C(C)=O)c2C)cc1. The van der Waals surface area contributed by atoms with Crippen LogP contribution in [0.5, 0.6) is 0 Å². The van der Waals surface area contributed by atoms with Crippen LogP contribution in [0.1, 0.15) is 54.9 Å². The molecule has 24 heavy (non-hydrogen) atoms. The van der Waals surface area contributed by atoms with E-state index in [9.17, 15) is 14.4 Å². The van der Waals surface area contributed by atoms with E-state index in [0.717, 1.165) is 5.56 Å². The van der Waals surface area contributed by atoms with Gasteiger partial charge in [-0.1, -0.05) is 12.1 Å². The van der Waals surface area contributed by atoms with Crippen LogP contribution in [0.4, 0.5) is 0 Å². The summed E-state index contributed by atoms with van der Waals surface area (Å²) in [5, 5.41) is 5.37. The highest BCUT2D eigenvalue weighted by molar-refractivity contribution is 6.02. The van der Waals surface area contributed by atoms with Crippen LogP contribution < -0.4 is 10.6 Å². The largest absolute Gasteiger partial charge is 0.355 e. The van der Waals surface area contributed by atoms with Crippen molar-refractivity contribution in [3.8, 4) is 0 Å². The molecule has 0 saturated heterocycles. The van der Waals surface area contributed by atoms with Crippen molar-refractivity contribution in [1.82, 2.24) is 15.6 Å². The number of hydrogen-bond acceptors (Lipinski definition) is 3. The van der Waals surface area contributed by atoms with Crippen molar-refractivity contribution >= 4 is 17.6 Å². The third-order valence-electron chi connectivity index (χ3n) is 3.91. The van der Waals surface area contributed by atoms with Gasteiger partial charge in [-0.05, 0) is 44.0 Å². The quantitative estimate of drug-likeness (QED) is 0.735. The van der Waals surface area contributed by atoms with Crippen molar-refractivity contribution in [2.24, 2.45) is 0 Å². The standard InChI is InChI=1S/C18H21N3O3/c1-10-15(12(3)22)11(2)21-16(10)18(24)20-9-13-5-7-14(8-6-13)17(23)19-4/h5-8,21H,9H2,1-4H3,(H,19,23)(H,20,24). The Morgan fingerprint density at radius 2 is 1.67 bits per heavy atom. The first kappa shape index (κ1) is 17.5. The number of ketones is 1. The van der Waals surface area contributed by atoms with E-state index in [0.29, 0.717) is 34.6 Å². The minimum Gasteiger partial charge on any atom is -0.355 e. The third-order valence-corrected chi connectivity index (χ3v) is 3.91. The van der Waals surface area contributed by atoms with E-state index in [1.54, 1.807) is 45.2 Å². The lowest BCUT2D eigenvalue weighted by molar-refractivity contribution is 0.0942. The maximum absolute atomic E-state index is 12.3. The van der Waals surface area contributed by atoms with E-state index in [4.69, 9.17) is 0 Å². The first-order valence-corrected chi connectivity index (χ1v) is 7.64. The van der Waals surface area contributed by atoms with Gasteiger partial charge in [0.05, 0.1) is 0 Å². The highest BCUT2D eigenvalue weighted by Gasteiger charge is 2.19. The minimum atomic E-state index is -0.265. The fourth-order valence-electron chi connectivity index (χ4n) is 2.69. The van der Waals surface area contributed by atoms with Crippen LogP contribution in [0, 0.1) is 13.8 Å². The normalized spacial score (nSPS) is 10.3. The van der Waals surface area contributed by atoms with Crippen molar-refractivity contribution in [2.45, 2.75) is 27.3 Å². The number of Topliss-reactive ketones (excluding diaryl/α,β-unsaturated/α-hetero) is 1. The molecule has 0 bridgehead atoms. The number of benzene rings is 1. The summed E-state index contributed by atoms with van der Waals surface area (Å²) < 4.78 is 0. The Labute approximate surface area is 140 Å². The number of aryl methyl sites for hydroxylation is 1. The topological polar surface area (TPSA) is 91.1 Å². The molecule has 126 valence electrons. The second kappa shape index (κ2) is 7.12. The molecule has 0 aliphatic carbocycles. The van der Waals surface area contributed by atoms with Gasteiger partial charge in [-0.15, -0.1) is 0 Å². The Balaban J connectivity index is 2.07. The zero-order chi connectivity index (χ0) is 17.9. The van der Waals surface area contributed by atoms with Gasteiger partial charge in [-0.2, -0.15) is 0 Å². The van der Waals surface area contributed by atoms with Crippen LogP contribution >= 0.6 is 0 Å². The summed E-state index contributed by atoms with van der Waals surface area (Å²) in [4.78, 5) is 38.4. The van der Waals surface area contributed by atoms with Gasteiger partial charge in [0.1, 0.15) is 5.69 Å². The van der Waals surface area contributed by atoms with Crippen LogP contribution in [0.3, 0.4) is 0 Å². The molecule has 0 aliphatic heterocycles. The van der Waals surface area contributed by atoms with Crippen molar-refractivity contribution < 1.29 is 14.4 Å². The Morgan fingerprint density at radius 3 is 2.17 bits per heavy atom. The van der Waals surface area contributed by atoms with Crippen molar-refractivity contribution in [2.75, 3.05) is 7.05 Å². The first-order valence-electron chi connectivity index (χ1n) is 7.64. The number of carbonyl (C=O) groups is 3. The number of hydrogen-bond donors (Lipinski definition) is 3. The minimum absolute atomic E-state index is 0.0647. The Morgan fingerprint density at radius 1 is 1.04 bits per heavy atom. The summed E-state index contributed by atoms with van der Waals surface area (Å²) in [6, 6.07) is 6.99. The summed E-state index contributed by atoms with van der Waals surface area (Å²) in [5.74, 6) is -0.483. The highest BCUT2D eigenvalue weighted by Crippen LogP contribution is 2.18. The van der Waals surface area contributed by atoms with E-state index in [1.807, 2.05) is 0 Å². The van der Waals surface area contributed by atoms with Gasteiger partial charge in [0, 0.05) is 30.4 Å². The zero-order valence-electron chi connectivity index (χ0n) is 14.2. The summed E-state index contributed by atoms with van der Waals surface area (Å²) in [6.07, 6.45) is 0. The molecule has 0 radical (unpaired) electrons. The Bertz CT molecular complexity index is 789. The number of rotatable bonds is 5. The molecule has 1 aromatic carbocycles. The molecule has 2 amide bonds. The predicted octanol–water partition coefficient (Wildman–Crippen LogP) is 2.12. The van der Waals surface area contributed by atoms with Crippen LogP contribution in [0.25, 0.3) is 0 Å². The third kappa shape index (κ3) is 3.53. The van der Waals surface area contributed by atoms with Gasteiger partial charge < -0.3 is 15.6 Å². The van der Waals surface area contributed by atoms with Gasteiger partial charge in [-0.3, -0.25) is 14.4 Å². The van der Waals surface area contributed by atoms with E-state index in [-0.39, 0.29) is 17.6 Å². The van der Waals surface area contributed by atoms with E-state index in [1.165, 1.54) is 6.92 Å². The molecule has 0 saturated carbocycles. The monoisotopic (exact) mass is 327 g/mol. The maximum Gasteiger partial charge on any atom is 0.268 e. The molecule has 6 heteroatoms. The molecule has 2 rings (SSSR count). The van der Waals surface area contributed by atoms with Crippen LogP contribution in [-0.2, 0) is 6.54 Å². The van der Waals surface area contributed by atoms with Crippen LogP contribution in [0.15, 0.2) is 24.3 Å². The molecular formula is C18H21N3O3.